The molecule has 118 valence electrons. The van der Waals surface area contributed by atoms with E-state index in [0.29, 0.717) is 6.04 Å². The van der Waals surface area contributed by atoms with Crippen LogP contribution in [0.2, 0.25) is 0 Å². The number of aromatic nitrogens is 3. The molecule has 0 saturated carbocycles. The van der Waals surface area contributed by atoms with E-state index in [4.69, 9.17) is 4.98 Å². The minimum absolute atomic E-state index is 0.579. The van der Waals surface area contributed by atoms with E-state index in [2.05, 4.69) is 32.7 Å². The van der Waals surface area contributed by atoms with Crippen molar-refractivity contribution in [3.8, 4) is 0 Å². The third-order valence-electron chi connectivity index (χ3n) is 4.95. The maximum absolute atomic E-state index is 4.95. The number of imidazole rings is 1. The Morgan fingerprint density at radius 1 is 1.27 bits per heavy atom. The molecule has 2 aromatic rings. The average molecular weight is 316 g/mol. The highest BCUT2D eigenvalue weighted by Gasteiger charge is 2.24. The van der Waals surface area contributed by atoms with Crippen molar-refractivity contribution in [2.24, 2.45) is 5.92 Å². The molecule has 2 saturated heterocycles. The number of hydrogen-bond donors (Lipinski definition) is 1. The summed E-state index contributed by atoms with van der Waals surface area (Å²) in [6.07, 6.45) is 8.15. The largest absolute Gasteiger partial charge is 0.317 e. The number of nitrogens with zero attached hydrogens (tertiary/aromatic N) is 3. The first-order chi connectivity index (χ1) is 10.9. The van der Waals surface area contributed by atoms with Crippen LogP contribution in [0.3, 0.4) is 0 Å². The average Bonchev–Trinajstić information content (AvgIpc) is 2.94. The lowest BCUT2D eigenvalue weighted by atomic mass is 9.94. The molecule has 4 rings (SSSR count). The lowest BCUT2D eigenvalue weighted by Crippen LogP contribution is -2.29. The van der Waals surface area contributed by atoms with Gasteiger partial charge in [-0.1, -0.05) is 0 Å². The summed E-state index contributed by atoms with van der Waals surface area (Å²) in [5.74, 6) is 4.56. The Kier molecular flexibility index (Phi) is 4.35. The first-order valence-corrected chi connectivity index (χ1v) is 9.67. The SMILES string of the molecule is c1cnc2c(c1)nc(CC1CCNCC1)n2C1CCCSC1. The molecule has 2 aliphatic heterocycles. The van der Waals surface area contributed by atoms with Crippen LogP contribution in [0.1, 0.15) is 37.5 Å². The van der Waals surface area contributed by atoms with Gasteiger partial charge in [-0.15, -0.1) is 0 Å². The number of piperidine rings is 1. The lowest BCUT2D eigenvalue weighted by Gasteiger charge is -2.27. The predicted octanol–water partition coefficient (Wildman–Crippen LogP) is 3.04. The molecule has 0 bridgehead atoms. The van der Waals surface area contributed by atoms with Crippen LogP contribution in [0, 0.1) is 5.92 Å². The number of pyridine rings is 1. The van der Waals surface area contributed by atoms with Gasteiger partial charge in [0.25, 0.3) is 0 Å². The van der Waals surface area contributed by atoms with E-state index in [1.807, 2.05) is 12.3 Å². The summed E-state index contributed by atoms with van der Waals surface area (Å²) in [5.41, 5.74) is 2.17. The lowest BCUT2D eigenvalue weighted by molar-refractivity contribution is 0.358. The Morgan fingerprint density at radius 3 is 3.00 bits per heavy atom. The van der Waals surface area contributed by atoms with E-state index in [1.54, 1.807) is 0 Å². The van der Waals surface area contributed by atoms with Gasteiger partial charge in [-0.25, -0.2) is 9.97 Å². The van der Waals surface area contributed by atoms with Gasteiger partial charge in [0.15, 0.2) is 5.65 Å². The van der Waals surface area contributed by atoms with Crippen LogP contribution < -0.4 is 5.32 Å². The van der Waals surface area contributed by atoms with Gasteiger partial charge >= 0.3 is 0 Å². The Hall–Kier alpha value is -1.07. The van der Waals surface area contributed by atoms with Gasteiger partial charge in [-0.05, 0) is 62.6 Å². The second-order valence-electron chi connectivity index (χ2n) is 6.51. The fourth-order valence-electron chi connectivity index (χ4n) is 3.78. The molecule has 0 amide bonds. The third kappa shape index (κ3) is 2.88. The zero-order valence-electron chi connectivity index (χ0n) is 13.0. The fraction of sp³-hybridized carbons (Fsp3) is 0.647. The summed E-state index contributed by atoms with van der Waals surface area (Å²) < 4.78 is 2.48. The van der Waals surface area contributed by atoms with Crippen LogP contribution in [0.25, 0.3) is 11.2 Å². The number of fused-ring (bicyclic) bond motifs is 1. The maximum atomic E-state index is 4.95. The first kappa shape index (κ1) is 14.5. The van der Waals surface area contributed by atoms with E-state index < -0.39 is 0 Å². The zero-order valence-corrected chi connectivity index (χ0v) is 13.8. The molecule has 0 spiro atoms. The minimum Gasteiger partial charge on any atom is -0.317 e. The first-order valence-electron chi connectivity index (χ1n) is 8.52. The van der Waals surface area contributed by atoms with Gasteiger partial charge in [-0.3, -0.25) is 0 Å². The third-order valence-corrected chi connectivity index (χ3v) is 6.15. The van der Waals surface area contributed by atoms with Crippen molar-refractivity contribution >= 4 is 22.9 Å². The Labute approximate surface area is 136 Å². The molecule has 0 aromatic carbocycles. The van der Waals surface area contributed by atoms with E-state index in [9.17, 15) is 0 Å². The molecule has 2 fully saturated rings. The van der Waals surface area contributed by atoms with Crippen LogP contribution >= 0.6 is 11.8 Å². The normalized spacial score (nSPS) is 23.9. The summed E-state index contributed by atoms with van der Waals surface area (Å²) in [6.45, 7) is 2.31. The number of nitrogens with one attached hydrogen (secondary N) is 1. The Morgan fingerprint density at radius 2 is 2.18 bits per heavy atom. The summed E-state index contributed by atoms with van der Waals surface area (Å²) in [4.78, 5) is 9.60. The van der Waals surface area contributed by atoms with Gasteiger partial charge < -0.3 is 9.88 Å². The highest BCUT2D eigenvalue weighted by atomic mass is 32.2. The molecular weight excluding hydrogens is 292 g/mol. The maximum Gasteiger partial charge on any atom is 0.160 e. The molecule has 5 heteroatoms. The minimum atomic E-state index is 0.579. The van der Waals surface area contributed by atoms with Gasteiger partial charge in [-0.2, -0.15) is 11.8 Å². The molecule has 1 atom stereocenters. The molecule has 1 N–H and O–H groups in total. The second kappa shape index (κ2) is 6.59. The van der Waals surface area contributed by atoms with Gasteiger partial charge in [0, 0.05) is 24.4 Å². The molecule has 2 aliphatic rings. The van der Waals surface area contributed by atoms with Crippen molar-refractivity contribution in [2.45, 2.75) is 38.1 Å². The van der Waals surface area contributed by atoms with Crippen molar-refractivity contribution in [3.63, 3.8) is 0 Å². The Balaban J connectivity index is 1.68. The standard InChI is InChI=1S/C17H24N4S/c1-4-15-17(19-7-1)21(14-3-2-10-22-12-14)16(20-15)11-13-5-8-18-9-6-13/h1,4,7,13-14,18H,2-3,5-6,8-12H2. The van der Waals surface area contributed by atoms with Crippen LogP contribution in [0.15, 0.2) is 18.3 Å². The van der Waals surface area contributed by atoms with Crippen molar-refractivity contribution in [1.29, 1.82) is 0 Å². The summed E-state index contributed by atoms with van der Waals surface area (Å²) >= 11 is 2.08. The van der Waals surface area contributed by atoms with Crippen molar-refractivity contribution < 1.29 is 0 Å². The monoisotopic (exact) mass is 316 g/mol. The van der Waals surface area contributed by atoms with Crippen molar-refractivity contribution in [3.05, 3.63) is 24.2 Å². The molecule has 22 heavy (non-hydrogen) atoms. The van der Waals surface area contributed by atoms with Gasteiger partial charge in [0.2, 0.25) is 0 Å². The summed E-state index contributed by atoms with van der Waals surface area (Å²) in [5, 5.41) is 3.46. The van der Waals surface area contributed by atoms with Gasteiger partial charge in [0.1, 0.15) is 11.3 Å². The summed E-state index contributed by atoms with van der Waals surface area (Å²) in [7, 11) is 0. The van der Waals surface area contributed by atoms with Crippen LogP contribution in [-0.4, -0.2) is 39.1 Å². The van der Waals surface area contributed by atoms with E-state index in [-0.39, 0.29) is 0 Å². The number of hydrogen-bond acceptors (Lipinski definition) is 4. The van der Waals surface area contributed by atoms with Crippen LogP contribution in [0.5, 0.6) is 0 Å². The van der Waals surface area contributed by atoms with E-state index in [1.165, 1.54) is 43.0 Å². The molecule has 4 nitrogen and oxygen atoms in total. The molecule has 4 heterocycles. The predicted molar refractivity (Wildman–Crippen MR) is 92.4 cm³/mol. The fourth-order valence-corrected chi connectivity index (χ4v) is 4.90. The van der Waals surface area contributed by atoms with E-state index in [0.717, 1.165) is 36.6 Å². The van der Waals surface area contributed by atoms with Crippen LogP contribution in [0.4, 0.5) is 0 Å². The molecular formula is C17H24N4S. The van der Waals surface area contributed by atoms with Gasteiger partial charge in [0.05, 0.1) is 0 Å². The van der Waals surface area contributed by atoms with Crippen LogP contribution in [-0.2, 0) is 6.42 Å². The molecule has 0 aliphatic carbocycles. The van der Waals surface area contributed by atoms with Crippen molar-refractivity contribution in [2.75, 3.05) is 24.6 Å². The van der Waals surface area contributed by atoms with Crippen molar-refractivity contribution in [1.82, 2.24) is 19.9 Å². The highest BCUT2D eigenvalue weighted by molar-refractivity contribution is 7.99. The molecule has 0 radical (unpaired) electrons. The smallest absolute Gasteiger partial charge is 0.160 e. The summed E-state index contributed by atoms with van der Waals surface area (Å²) in [6, 6.07) is 4.69. The zero-order chi connectivity index (χ0) is 14.8. The molecule has 1 unspecified atom stereocenters. The number of thioether (sulfide) groups is 1. The Bertz CT molecular complexity index is 627. The quantitative estimate of drug-likeness (QED) is 0.945. The number of rotatable bonds is 3. The second-order valence-corrected chi connectivity index (χ2v) is 7.66. The molecule has 2 aromatic heterocycles. The topological polar surface area (TPSA) is 42.7 Å². The van der Waals surface area contributed by atoms with E-state index >= 15 is 0 Å². The highest BCUT2D eigenvalue weighted by Crippen LogP contribution is 2.32.